The Morgan fingerprint density at radius 2 is 1.86 bits per heavy atom. The number of hydrogen-bond donors (Lipinski definition) is 0. The average Bonchev–Trinajstić information content (AvgIpc) is 3.26. The van der Waals surface area contributed by atoms with Gasteiger partial charge in [-0.25, -0.2) is 4.98 Å². The first-order chi connectivity index (χ1) is 14.1. The normalized spacial score (nSPS) is 10.6. The van der Waals surface area contributed by atoms with Gasteiger partial charge in [-0.1, -0.05) is 17.7 Å². The standard InChI is InChI=1S/C22H24ClN3O3/c1-28-20-9-4-17(14-21(20)29-2)15-26(12-3-11-25-13-10-24-16-25)22(27)18-5-7-19(23)8-6-18/h4-10,13-14,16H,3,11-12,15H2,1-2H3. The van der Waals surface area contributed by atoms with E-state index in [1.54, 1.807) is 51.0 Å². The second-order valence-electron chi connectivity index (χ2n) is 6.58. The molecule has 3 aromatic rings. The summed E-state index contributed by atoms with van der Waals surface area (Å²) < 4.78 is 12.7. The minimum absolute atomic E-state index is 0.0397. The fraction of sp³-hybridized carbons (Fsp3) is 0.273. The molecule has 0 N–H and O–H groups in total. The van der Waals surface area contributed by atoms with Crippen molar-refractivity contribution in [1.29, 1.82) is 0 Å². The third-order valence-electron chi connectivity index (χ3n) is 4.60. The fourth-order valence-electron chi connectivity index (χ4n) is 3.09. The van der Waals surface area contributed by atoms with Crippen LogP contribution >= 0.6 is 11.6 Å². The number of aromatic nitrogens is 2. The van der Waals surface area contributed by atoms with Crippen LogP contribution in [0.5, 0.6) is 11.5 Å². The SMILES string of the molecule is COc1ccc(CN(CCCn2ccnc2)C(=O)c2ccc(Cl)cc2)cc1OC. The molecule has 152 valence electrons. The highest BCUT2D eigenvalue weighted by molar-refractivity contribution is 6.30. The molecule has 0 saturated carbocycles. The molecule has 29 heavy (non-hydrogen) atoms. The molecule has 0 aliphatic rings. The van der Waals surface area contributed by atoms with Crippen LogP contribution in [-0.4, -0.2) is 41.1 Å². The Labute approximate surface area is 175 Å². The predicted molar refractivity (Wildman–Crippen MR) is 113 cm³/mol. The Morgan fingerprint density at radius 3 is 2.52 bits per heavy atom. The lowest BCUT2D eigenvalue weighted by Gasteiger charge is -2.24. The molecular formula is C22H24ClN3O3. The van der Waals surface area contributed by atoms with Crippen molar-refractivity contribution in [2.75, 3.05) is 20.8 Å². The lowest BCUT2D eigenvalue weighted by atomic mass is 10.1. The van der Waals surface area contributed by atoms with Crippen LogP contribution in [0.3, 0.4) is 0 Å². The second kappa shape index (κ2) is 9.98. The summed E-state index contributed by atoms with van der Waals surface area (Å²) >= 11 is 5.97. The molecule has 1 amide bonds. The van der Waals surface area contributed by atoms with Crippen molar-refractivity contribution in [2.24, 2.45) is 0 Å². The Bertz CT molecular complexity index is 927. The van der Waals surface area contributed by atoms with E-state index in [-0.39, 0.29) is 5.91 Å². The van der Waals surface area contributed by atoms with Crippen molar-refractivity contribution < 1.29 is 14.3 Å². The highest BCUT2D eigenvalue weighted by Gasteiger charge is 2.17. The van der Waals surface area contributed by atoms with Crippen LogP contribution in [0.1, 0.15) is 22.3 Å². The first-order valence-corrected chi connectivity index (χ1v) is 9.70. The highest BCUT2D eigenvalue weighted by Crippen LogP contribution is 2.28. The predicted octanol–water partition coefficient (Wildman–Crippen LogP) is 4.29. The van der Waals surface area contributed by atoms with Crippen LogP contribution < -0.4 is 9.47 Å². The van der Waals surface area contributed by atoms with Crippen LogP contribution in [-0.2, 0) is 13.1 Å². The highest BCUT2D eigenvalue weighted by atomic mass is 35.5. The number of amides is 1. The fourth-order valence-corrected chi connectivity index (χ4v) is 3.22. The van der Waals surface area contributed by atoms with Crippen molar-refractivity contribution >= 4 is 17.5 Å². The van der Waals surface area contributed by atoms with E-state index >= 15 is 0 Å². The summed E-state index contributed by atoms with van der Waals surface area (Å²) in [5.74, 6) is 1.26. The molecule has 0 aliphatic heterocycles. The van der Waals surface area contributed by atoms with E-state index in [1.165, 1.54) is 0 Å². The number of imidazole rings is 1. The van der Waals surface area contributed by atoms with Crippen molar-refractivity contribution in [3.63, 3.8) is 0 Å². The van der Waals surface area contributed by atoms with Gasteiger partial charge < -0.3 is 18.9 Å². The molecule has 0 aliphatic carbocycles. The lowest BCUT2D eigenvalue weighted by Crippen LogP contribution is -2.32. The molecule has 1 aromatic heterocycles. The van der Waals surface area contributed by atoms with Crippen molar-refractivity contribution in [2.45, 2.75) is 19.5 Å². The first kappa shape index (κ1) is 20.7. The van der Waals surface area contributed by atoms with E-state index in [9.17, 15) is 4.79 Å². The van der Waals surface area contributed by atoms with Crippen LogP contribution in [0, 0.1) is 0 Å². The molecular weight excluding hydrogens is 390 g/mol. The van der Waals surface area contributed by atoms with Gasteiger partial charge in [0.1, 0.15) is 0 Å². The number of methoxy groups -OCH3 is 2. The van der Waals surface area contributed by atoms with E-state index in [0.29, 0.717) is 35.2 Å². The Hall–Kier alpha value is -2.99. The Kier molecular flexibility index (Phi) is 7.14. The molecule has 0 saturated heterocycles. The summed E-state index contributed by atoms with van der Waals surface area (Å²) in [6.45, 7) is 1.86. The quantitative estimate of drug-likeness (QED) is 0.525. The van der Waals surface area contributed by atoms with Crippen LogP contribution in [0.15, 0.2) is 61.2 Å². The van der Waals surface area contributed by atoms with Crippen molar-refractivity contribution in [3.05, 3.63) is 77.3 Å². The summed E-state index contributed by atoms with van der Waals surface area (Å²) in [7, 11) is 3.20. The number of ether oxygens (including phenoxy) is 2. The van der Waals surface area contributed by atoms with E-state index in [1.807, 2.05) is 33.9 Å². The number of carbonyl (C=O) groups excluding carboxylic acids is 1. The molecule has 0 unspecified atom stereocenters. The maximum absolute atomic E-state index is 13.1. The minimum atomic E-state index is -0.0397. The average molecular weight is 414 g/mol. The summed E-state index contributed by atoms with van der Waals surface area (Å²) in [4.78, 5) is 19.0. The molecule has 0 fully saturated rings. The molecule has 0 spiro atoms. The van der Waals surface area contributed by atoms with E-state index < -0.39 is 0 Å². The Balaban J connectivity index is 1.77. The molecule has 6 nitrogen and oxygen atoms in total. The van der Waals surface area contributed by atoms with Gasteiger partial charge in [-0.15, -0.1) is 0 Å². The maximum Gasteiger partial charge on any atom is 0.254 e. The summed E-state index contributed by atoms with van der Waals surface area (Å²) in [5.41, 5.74) is 1.57. The van der Waals surface area contributed by atoms with Gasteiger partial charge in [-0.3, -0.25) is 4.79 Å². The zero-order valence-corrected chi connectivity index (χ0v) is 17.3. The lowest BCUT2D eigenvalue weighted by molar-refractivity contribution is 0.0739. The smallest absolute Gasteiger partial charge is 0.254 e. The van der Waals surface area contributed by atoms with Crippen molar-refractivity contribution in [1.82, 2.24) is 14.5 Å². The third-order valence-corrected chi connectivity index (χ3v) is 4.86. The first-order valence-electron chi connectivity index (χ1n) is 9.32. The zero-order valence-electron chi connectivity index (χ0n) is 16.5. The molecule has 7 heteroatoms. The molecule has 0 radical (unpaired) electrons. The molecule has 3 rings (SSSR count). The number of nitrogens with zero attached hydrogens (tertiary/aromatic N) is 3. The monoisotopic (exact) mass is 413 g/mol. The Morgan fingerprint density at radius 1 is 1.10 bits per heavy atom. The zero-order chi connectivity index (χ0) is 20.6. The number of halogens is 1. The number of benzene rings is 2. The topological polar surface area (TPSA) is 56.6 Å². The van der Waals surface area contributed by atoms with Gasteiger partial charge in [0.2, 0.25) is 0 Å². The molecule has 2 aromatic carbocycles. The van der Waals surface area contributed by atoms with Crippen LogP contribution in [0.4, 0.5) is 0 Å². The minimum Gasteiger partial charge on any atom is -0.493 e. The number of hydrogen-bond acceptors (Lipinski definition) is 4. The van der Waals surface area contributed by atoms with Crippen LogP contribution in [0.25, 0.3) is 0 Å². The third kappa shape index (κ3) is 5.51. The maximum atomic E-state index is 13.1. The van der Waals surface area contributed by atoms with Gasteiger partial charge in [0, 0.05) is 42.6 Å². The largest absolute Gasteiger partial charge is 0.493 e. The number of carbonyl (C=O) groups is 1. The molecule has 1 heterocycles. The summed E-state index contributed by atoms with van der Waals surface area (Å²) in [5, 5.41) is 0.605. The van der Waals surface area contributed by atoms with Gasteiger partial charge in [0.15, 0.2) is 11.5 Å². The summed E-state index contributed by atoms with van der Waals surface area (Å²) in [6.07, 6.45) is 6.25. The second-order valence-corrected chi connectivity index (χ2v) is 7.01. The van der Waals surface area contributed by atoms with Crippen LogP contribution in [0.2, 0.25) is 5.02 Å². The van der Waals surface area contributed by atoms with Gasteiger partial charge in [0.25, 0.3) is 5.91 Å². The van der Waals surface area contributed by atoms with Crippen molar-refractivity contribution in [3.8, 4) is 11.5 Å². The molecule has 0 bridgehead atoms. The summed E-state index contributed by atoms with van der Waals surface area (Å²) in [6, 6.07) is 12.7. The number of aryl methyl sites for hydroxylation is 1. The van der Waals surface area contributed by atoms with E-state index in [2.05, 4.69) is 4.98 Å². The van der Waals surface area contributed by atoms with Gasteiger partial charge in [-0.2, -0.15) is 0 Å². The van der Waals surface area contributed by atoms with E-state index in [4.69, 9.17) is 21.1 Å². The van der Waals surface area contributed by atoms with Gasteiger partial charge in [-0.05, 0) is 48.4 Å². The van der Waals surface area contributed by atoms with E-state index in [0.717, 1.165) is 18.5 Å². The van der Waals surface area contributed by atoms with Gasteiger partial charge in [0.05, 0.1) is 20.5 Å². The van der Waals surface area contributed by atoms with Gasteiger partial charge >= 0.3 is 0 Å². The number of rotatable bonds is 9. The molecule has 0 atom stereocenters.